The third kappa shape index (κ3) is 5.83. The second kappa shape index (κ2) is 8.81. The highest BCUT2D eigenvalue weighted by Gasteiger charge is 2.04. The fourth-order valence-electron chi connectivity index (χ4n) is 2.14. The Morgan fingerprint density at radius 1 is 1.12 bits per heavy atom. The van der Waals surface area contributed by atoms with Gasteiger partial charge in [-0.1, -0.05) is 12.1 Å². The fourth-order valence-corrected chi connectivity index (χ4v) is 2.14. The number of nitrogens with zero attached hydrogens (tertiary/aromatic N) is 2. The van der Waals surface area contributed by atoms with Crippen molar-refractivity contribution in [1.82, 2.24) is 15.3 Å². The van der Waals surface area contributed by atoms with E-state index in [1.54, 1.807) is 12.1 Å². The zero-order valence-corrected chi connectivity index (χ0v) is 13.9. The van der Waals surface area contributed by atoms with Crippen molar-refractivity contribution in [2.45, 2.75) is 20.3 Å². The van der Waals surface area contributed by atoms with Gasteiger partial charge in [-0.2, -0.15) is 4.98 Å². The highest BCUT2D eigenvalue weighted by molar-refractivity contribution is 5.78. The molecule has 1 heterocycles. The Kier molecular flexibility index (Phi) is 6.48. The van der Waals surface area contributed by atoms with Gasteiger partial charge in [-0.15, -0.1) is 0 Å². The summed E-state index contributed by atoms with van der Waals surface area (Å²) in [5.74, 6) is 0.891. The topological polar surface area (TPSA) is 78.9 Å². The van der Waals surface area contributed by atoms with Gasteiger partial charge in [0.2, 0.25) is 11.9 Å². The largest absolute Gasteiger partial charge is 0.368 e. The van der Waals surface area contributed by atoms with E-state index in [9.17, 15) is 9.18 Å². The molecule has 0 atom stereocenters. The highest BCUT2D eigenvalue weighted by Crippen LogP contribution is 2.08. The lowest BCUT2D eigenvalue weighted by molar-refractivity contribution is -0.120. The van der Waals surface area contributed by atoms with Crippen LogP contribution in [-0.4, -0.2) is 35.5 Å². The van der Waals surface area contributed by atoms with E-state index in [1.807, 2.05) is 19.9 Å². The van der Waals surface area contributed by atoms with E-state index < -0.39 is 0 Å². The monoisotopic (exact) mass is 331 g/mol. The number of anilines is 2. The summed E-state index contributed by atoms with van der Waals surface area (Å²) >= 11 is 0. The number of aromatic nitrogens is 2. The number of benzene rings is 1. The zero-order chi connectivity index (χ0) is 17.4. The molecule has 0 aliphatic rings. The van der Waals surface area contributed by atoms with Crippen LogP contribution < -0.4 is 16.0 Å². The molecule has 0 fully saturated rings. The molecule has 6 nitrogen and oxygen atoms in total. The third-order valence-corrected chi connectivity index (χ3v) is 3.22. The second-order valence-electron chi connectivity index (χ2n) is 5.33. The van der Waals surface area contributed by atoms with Crippen LogP contribution in [0.1, 0.15) is 18.2 Å². The molecule has 1 aromatic carbocycles. The molecule has 0 bridgehead atoms. The molecule has 1 amide bonds. The van der Waals surface area contributed by atoms with Gasteiger partial charge in [0.05, 0.1) is 6.42 Å². The average molecular weight is 331 g/mol. The molecule has 3 N–H and O–H groups in total. The Labute approximate surface area is 140 Å². The van der Waals surface area contributed by atoms with Gasteiger partial charge in [-0.3, -0.25) is 4.79 Å². The minimum absolute atomic E-state index is 0.101. The normalized spacial score (nSPS) is 10.3. The third-order valence-electron chi connectivity index (χ3n) is 3.22. The SMILES string of the molecule is CCNc1nc(C)cc(NCCNC(=O)Cc2ccc(F)cc2)n1. The molecule has 2 aromatic rings. The lowest BCUT2D eigenvalue weighted by atomic mass is 10.1. The quantitative estimate of drug-likeness (QED) is 0.646. The van der Waals surface area contributed by atoms with Crippen molar-refractivity contribution in [3.63, 3.8) is 0 Å². The van der Waals surface area contributed by atoms with Crippen LogP contribution in [0, 0.1) is 12.7 Å². The van der Waals surface area contributed by atoms with Gasteiger partial charge >= 0.3 is 0 Å². The molecule has 0 saturated carbocycles. The van der Waals surface area contributed by atoms with E-state index in [1.165, 1.54) is 12.1 Å². The van der Waals surface area contributed by atoms with Crippen molar-refractivity contribution < 1.29 is 9.18 Å². The van der Waals surface area contributed by atoms with Crippen molar-refractivity contribution in [3.8, 4) is 0 Å². The Morgan fingerprint density at radius 3 is 2.58 bits per heavy atom. The number of hydrogen-bond acceptors (Lipinski definition) is 5. The molecule has 2 rings (SSSR count). The molecule has 0 aliphatic carbocycles. The van der Waals surface area contributed by atoms with Crippen LogP contribution in [0.15, 0.2) is 30.3 Å². The van der Waals surface area contributed by atoms with Gasteiger partial charge in [0.25, 0.3) is 0 Å². The lowest BCUT2D eigenvalue weighted by Gasteiger charge is -2.10. The molecule has 0 unspecified atom stereocenters. The molecular formula is C17H22FN5O. The minimum Gasteiger partial charge on any atom is -0.368 e. The summed E-state index contributed by atoms with van der Waals surface area (Å²) in [6.45, 7) is 5.66. The molecule has 128 valence electrons. The Balaban J connectivity index is 1.74. The number of halogens is 1. The maximum Gasteiger partial charge on any atom is 0.224 e. The van der Waals surface area contributed by atoms with Gasteiger partial charge in [0, 0.05) is 31.4 Å². The zero-order valence-electron chi connectivity index (χ0n) is 13.9. The summed E-state index contributed by atoms with van der Waals surface area (Å²) in [5.41, 5.74) is 1.65. The first-order valence-electron chi connectivity index (χ1n) is 7.91. The molecule has 0 spiro atoms. The first-order chi connectivity index (χ1) is 11.6. The summed E-state index contributed by atoms with van der Waals surface area (Å²) < 4.78 is 12.8. The predicted octanol–water partition coefficient (Wildman–Crippen LogP) is 2.13. The summed E-state index contributed by atoms with van der Waals surface area (Å²) in [6, 6.07) is 7.77. The van der Waals surface area contributed by atoms with Crippen LogP contribution in [0.5, 0.6) is 0 Å². The number of carbonyl (C=O) groups excluding carboxylic acids is 1. The van der Waals surface area contributed by atoms with Gasteiger partial charge in [0.1, 0.15) is 11.6 Å². The van der Waals surface area contributed by atoms with E-state index in [0.29, 0.717) is 24.9 Å². The van der Waals surface area contributed by atoms with E-state index in [2.05, 4.69) is 25.9 Å². The Morgan fingerprint density at radius 2 is 1.88 bits per heavy atom. The minimum atomic E-state index is -0.305. The fraction of sp³-hybridized carbons (Fsp3) is 0.353. The first kappa shape index (κ1) is 17.7. The summed E-state index contributed by atoms with van der Waals surface area (Å²) in [4.78, 5) is 20.4. The first-order valence-corrected chi connectivity index (χ1v) is 7.91. The average Bonchev–Trinajstić information content (AvgIpc) is 2.54. The van der Waals surface area contributed by atoms with E-state index in [0.717, 1.165) is 17.8 Å². The number of nitrogens with one attached hydrogen (secondary N) is 3. The number of rotatable bonds is 8. The van der Waals surface area contributed by atoms with Crippen molar-refractivity contribution >= 4 is 17.7 Å². The van der Waals surface area contributed by atoms with Crippen LogP contribution in [0.2, 0.25) is 0 Å². The van der Waals surface area contributed by atoms with Crippen LogP contribution in [0.3, 0.4) is 0 Å². The van der Waals surface area contributed by atoms with Crippen LogP contribution in [0.25, 0.3) is 0 Å². The predicted molar refractivity (Wildman–Crippen MR) is 92.5 cm³/mol. The summed E-state index contributed by atoms with van der Waals surface area (Å²) in [7, 11) is 0. The van der Waals surface area contributed by atoms with Crippen LogP contribution >= 0.6 is 0 Å². The van der Waals surface area contributed by atoms with Gasteiger partial charge < -0.3 is 16.0 Å². The van der Waals surface area contributed by atoms with Gasteiger partial charge in [-0.25, -0.2) is 9.37 Å². The maximum absolute atomic E-state index is 12.8. The van der Waals surface area contributed by atoms with E-state index in [4.69, 9.17) is 0 Å². The van der Waals surface area contributed by atoms with Crippen molar-refractivity contribution in [2.75, 3.05) is 30.3 Å². The smallest absolute Gasteiger partial charge is 0.224 e. The number of amides is 1. The van der Waals surface area contributed by atoms with Crippen molar-refractivity contribution in [3.05, 3.63) is 47.4 Å². The standard InChI is InChI=1S/C17H22FN5O/c1-3-19-17-22-12(2)10-15(23-17)20-8-9-21-16(24)11-13-4-6-14(18)7-5-13/h4-7,10H,3,8-9,11H2,1-2H3,(H,21,24)(H2,19,20,22,23). The summed E-state index contributed by atoms with van der Waals surface area (Å²) in [6.07, 6.45) is 0.234. The highest BCUT2D eigenvalue weighted by atomic mass is 19.1. The molecule has 0 radical (unpaired) electrons. The second-order valence-corrected chi connectivity index (χ2v) is 5.33. The number of hydrogen-bond donors (Lipinski definition) is 3. The molecule has 0 saturated heterocycles. The molecule has 1 aromatic heterocycles. The Bertz CT molecular complexity index is 675. The molecular weight excluding hydrogens is 309 g/mol. The summed E-state index contributed by atoms with van der Waals surface area (Å²) in [5, 5.41) is 9.04. The van der Waals surface area contributed by atoms with Gasteiger partial charge in [-0.05, 0) is 31.5 Å². The van der Waals surface area contributed by atoms with Crippen molar-refractivity contribution in [2.24, 2.45) is 0 Å². The number of carbonyl (C=O) groups is 1. The Hall–Kier alpha value is -2.70. The molecule has 0 aliphatic heterocycles. The molecule has 24 heavy (non-hydrogen) atoms. The van der Waals surface area contributed by atoms with Crippen molar-refractivity contribution in [1.29, 1.82) is 0 Å². The molecule has 7 heteroatoms. The van der Waals surface area contributed by atoms with E-state index in [-0.39, 0.29) is 18.1 Å². The van der Waals surface area contributed by atoms with Gasteiger partial charge in [0.15, 0.2) is 0 Å². The maximum atomic E-state index is 12.8. The van der Waals surface area contributed by atoms with Crippen LogP contribution in [0.4, 0.5) is 16.2 Å². The lowest BCUT2D eigenvalue weighted by Crippen LogP contribution is -2.30. The number of aryl methyl sites for hydroxylation is 1. The van der Waals surface area contributed by atoms with Crippen LogP contribution in [-0.2, 0) is 11.2 Å². The van der Waals surface area contributed by atoms with E-state index >= 15 is 0 Å².